The monoisotopic (exact) mass is 372 g/mol. The molecule has 1 aliphatic rings. The number of fused-ring (bicyclic) bond motifs is 1. The number of hydrogen-bond acceptors (Lipinski definition) is 3. The molecule has 0 aromatic heterocycles. The molecule has 1 amide bonds. The number of anilines is 1. The predicted octanol–water partition coefficient (Wildman–Crippen LogP) is 4.61. The van der Waals surface area contributed by atoms with Crippen LogP contribution in [-0.4, -0.2) is 24.6 Å². The number of benzene rings is 3. The van der Waals surface area contributed by atoms with E-state index in [0.29, 0.717) is 13.2 Å². The molecule has 3 aromatic rings. The van der Waals surface area contributed by atoms with E-state index in [-0.39, 0.29) is 11.8 Å². The van der Waals surface area contributed by atoms with Crippen LogP contribution in [0.4, 0.5) is 5.69 Å². The van der Waals surface area contributed by atoms with Crippen LogP contribution in [0.15, 0.2) is 78.9 Å². The number of para-hydroxylation sites is 2. The molecule has 0 spiro atoms. The summed E-state index contributed by atoms with van der Waals surface area (Å²) in [5.41, 5.74) is 4.06. The second-order valence-corrected chi connectivity index (χ2v) is 6.91. The molecule has 4 nitrogen and oxygen atoms in total. The van der Waals surface area contributed by atoms with Gasteiger partial charge in [0.15, 0.2) is 0 Å². The van der Waals surface area contributed by atoms with Crippen molar-refractivity contribution in [1.29, 1.82) is 0 Å². The van der Waals surface area contributed by atoms with E-state index < -0.39 is 0 Å². The fraction of sp³-hybridized carbons (Fsp3) is 0.208. The number of hydrogen-bond donors (Lipinski definition) is 0. The lowest BCUT2D eigenvalue weighted by Gasteiger charge is -2.29. The van der Waals surface area contributed by atoms with Gasteiger partial charge in [-0.1, -0.05) is 66.7 Å². The molecule has 1 heterocycles. The fourth-order valence-electron chi connectivity index (χ4n) is 3.87. The topological polar surface area (TPSA) is 32.8 Å². The first kappa shape index (κ1) is 18.3. The van der Waals surface area contributed by atoms with Gasteiger partial charge >= 0.3 is 0 Å². The smallest absolute Gasteiger partial charge is 0.253 e. The largest absolute Gasteiger partial charge is 0.494 e. The van der Waals surface area contributed by atoms with Gasteiger partial charge in [-0.15, -0.1) is 0 Å². The first-order valence-corrected chi connectivity index (χ1v) is 9.60. The van der Waals surface area contributed by atoms with Crippen molar-refractivity contribution in [3.05, 3.63) is 95.6 Å². The Hall–Kier alpha value is -3.11. The van der Waals surface area contributed by atoms with E-state index >= 15 is 0 Å². The van der Waals surface area contributed by atoms with E-state index in [9.17, 15) is 4.79 Å². The zero-order valence-electron chi connectivity index (χ0n) is 16.2. The van der Waals surface area contributed by atoms with Crippen molar-refractivity contribution in [2.45, 2.75) is 19.4 Å². The molecular weight excluding hydrogens is 348 g/mol. The fourth-order valence-corrected chi connectivity index (χ4v) is 3.87. The number of ether oxygens (including phenoxy) is 1. The van der Waals surface area contributed by atoms with Crippen molar-refractivity contribution in [3.8, 4) is 5.75 Å². The van der Waals surface area contributed by atoms with Crippen molar-refractivity contribution in [3.63, 3.8) is 0 Å². The van der Waals surface area contributed by atoms with Gasteiger partial charge in [0.05, 0.1) is 18.2 Å². The maximum atomic E-state index is 13.5. The van der Waals surface area contributed by atoms with E-state index in [2.05, 4.69) is 0 Å². The van der Waals surface area contributed by atoms with Crippen LogP contribution < -0.4 is 9.75 Å². The predicted molar refractivity (Wildman–Crippen MR) is 111 cm³/mol. The zero-order chi connectivity index (χ0) is 19.5. The summed E-state index contributed by atoms with van der Waals surface area (Å²) >= 11 is 0. The minimum absolute atomic E-state index is 0.0730. The number of carbonyl (C=O) groups excluding carboxylic acids is 1. The minimum Gasteiger partial charge on any atom is -0.494 e. The summed E-state index contributed by atoms with van der Waals surface area (Å²) < 4.78 is 5.76. The Balaban J connectivity index is 1.67. The summed E-state index contributed by atoms with van der Waals surface area (Å²) in [5.74, 6) is 0.655. The van der Waals surface area contributed by atoms with E-state index in [1.54, 1.807) is 5.01 Å². The lowest BCUT2D eigenvalue weighted by Crippen LogP contribution is -2.42. The molecule has 0 saturated heterocycles. The number of hydrazine groups is 1. The first-order chi connectivity index (χ1) is 13.7. The van der Waals surface area contributed by atoms with Gasteiger partial charge in [0.25, 0.3) is 5.91 Å². The summed E-state index contributed by atoms with van der Waals surface area (Å²) in [7, 11) is 1.95. The van der Waals surface area contributed by atoms with Crippen molar-refractivity contribution in [2.24, 2.45) is 0 Å². The summed E-state index contributed by atoms with van der Waals surface area (Å²) in [4.78, 5) is 13.5. The molecule has 142 valence electrons. The van der Waals surface area contributed by atoms with Crippen LogP contribution in [0.2, 0.25) is 0 Å². The van der Waals surface area contributed by atoms with Crippen LogP contribution in [0, 0.1) is 0 Å². The van der Waals surface area contributed by atoms with Gasteiger partial charge in [0.2, 0.25) is 0 Å². The van der Waals surface area contributed by atoms with E-state index in [4.69, 9.17) is 4.74 Å². The van der Waals surface area contributed by atoms with Crippen LogP contribution in [-0.2, 0) is 11.3 Å². The lowest BCUT2D eigenvalue weighted by molar-refractivity contribution is -0.121. The molecule has 3 aromatic carbocycles. The van der Waals surface area contributed by atoms with E-state index in [1.807, 2.05) is 97.8 Å². The third-order valence-electron chi connectivity index (χ3n) is 5.08. The maximum Gasteiger partial charge on any atom is 0.253 e. The molecule has 1 atom stereocenters. The Morgan fingerprint density at radius 3 is 2.39 bits per heavy atom. The van der Waals surface area contributed by atoms with Gasteiger partial charge in [0.1, 0.15) is 5.75 Å². The maximum absolute atomic E-state index is 13.5. The quantitative estimate of drug-likeness (QED) is 0.633. The number of amides is 1. The first-order valence-electron chi connectivity index (χ1n) is 9.60. The second-order valence-electron chi connectivity index (χ2n) is 6.91. The zero-order valence-corrected chi connectivity index (χ0v) is 16.2. The average Bonchev–Trinajstić information content (AvgIpc) is 3.02. The highest BCUT2D eigenvalue weighted by atomic mass is 16.5. The highest BCUT2D eigenvalue weighted by Gasteiger charge is 2.40. The lowest BCUT2D eigenvalue weighted by atomic mass is 9.93. The Bertz CT molecular complexity index is 971. The van der Waals surface area contributed by atoms with Crippen LogP contribution in [0.3, 0.4) is 0 Å². The number of nitrogens with zero attached hydrogens (tertiary/aromatic N) is 2. The minimum atomic E-state index is -0.276. The molecular formula is C24H24N2O2. The average molecular weight is 372 g/mol. The Morgan fingerprint density at radius 2 is 1.61 bits per heavy atom. The van der Waals surface area contributed by atoms with Gasteiger partial charge in [-0.05, 0) is 30.2 Å². The molecule has 4 heteroatoms. The van der Waals surface area contributed by atoms with Crippen LogP contribution in [0.25, 0.3) is 0 Å². The van der Waals surface area contributed by atoms with Gasteiger partial charge in [-0.25, -0.2) is 10.0 Å². The molecule has 0 fully saturated rings. The van der Waals surface area contributed by atoms with Crippen molar-refractivity contribution in [2.75, 3.05) is 18.7 Å². The van der Waals surface area contributed by atoms with Crippen LogP contribution in [0.1, 0.15) is 29.5 Å². The Morgan fingerprint density at radius 1 is 0.929 bits per heavy atom. The van der Waals surface area contributed by atoms with Crippen LogP contribution >= 0.6 is 0 Å². The number of carbonyl (C=O) groups is 1. The van der Waals surface area contributed by atoms with Crippen LogP contribution in [0.5, 0.6) is 5.75 Å². The molecule has 28 heavy (non-hydrogen) atoms. The van der Waals surface area contributed by atoms with Crippen molar-refractivity contribution < 1.29 is 9.53 Å². The Kier molecular flexibility index (Phi) is 5.13. The molecule has 0 N–H and O–H groups in total. The third-order valence-corrected chi connectivity index (χ3v) is 5.08. The third kappa shape index (κ3) is 3.27. The highest BCUT2D eigenvalue weighted by Crippen LogP contribution is 2.41. The molecule has 4 rings (SSSR count). The van der Waals surface area contributed by atoms with E-state index in [0.717, 1.165) is 28.1 Å². The van der Waals surface area contributed by atoms with Gasteiger partial charge in [-0.3, -0.25) is 4.79 Å². The summed E-state index contributed by atoms with van der Waals surface area (Å²) in [6.07, 6.45) is 0. The molecule has 0 unspecified atom stereocenters. The summed E-state index contributed by atoms with van der Waals surface area (Å²) in [6, 6.07) is 26.0. The van der Waals surface area contributed by atoms with Gasteiger partial charge in [-0.2, -0.15) is 0 Å². The standard InChI is InChI=1S/C24H24N2O2/c1-3-28-22-16-10-7-13-19(22)17-25(2)26-21-15-9-8-14-20(21)23(24(26)27)18-11-5-4-6-12-18/h4-16,23H,3,17H2,1-2H3/t23-/m0/s1. The Labute approximate surface area is 165 Å². The molecule has 0 bridgehead atoms. The van der Waals surface area contributed by atoms with Gasteiger partial charge < -0.3 is 4.74 Å². The number of rotatable bonds is 6. The second kappa shape index (κ2) is 7.87. The van der Waals surface area contributed by atoms with E-state index in [1.165, 1.54) is 0 Å². The molecule has 0 aliphatic carbocycles. The molecule has 0 radical (unpaired) electrons. The van der Waals surface area contributed by atoms with Gasteiger partial charge in [0, 0.05) is 19.2 Å². The summed E-state index contributed by atoms with van der Waals surface area (Å²) in [6.45, 7) is 3.17. The SMILES string of the molecule is CCOc1ccccc1CN(C)N1C(=O)[C@@H](c2ccccc2)c2ccccc21. The summed E-state index contributed by atoms with van der Waals surface area (Å²) in [5, 5.41) is 3.78. The molecule has 1 aliphatic heterocycles. The molecule has 0 saturated carbocycles. The van der Waals surface area contributed by atoms with Crippen molar-refractivity contribution >= 4 is 11.6 Å². The normalized spacial score (nSPS) is 15.8. The highest BCUT2D eigenvalue weighted by molar-refractivity contribution is 6.06. The van der Waals surface area contributed by atoms with Crippen molar-refractivity contribution in [1.82, 2.24) is 5.01 Å².